The topological polar surface area (TPSA) is 42.0 Å². The number of benzene rings is 1. The van der Waals surface area contributed by atoms with Crippen LogP contribution in [0.1, 0.15) is 15.9 Å². The number of nitrogens with zero attached hydrogens (tertiary/aromatic N) is 1. The Balaban J connectivity index is 2.19. The number of hydrogen-bond acceptors (Lipinski definition) is 2. The molecule has 0 aliphatic heterocycles. The molecule has 0 saturated heterocycles. The molecular weight excluding hydrogens is 255 g/mol. The lowest BCUT2D eigenvalue weighted by Gasteiger charge is -2.06. The summed E-state index contributed by atoms with van der Waals surface area (Å²) in [7, 11) is 0. The van der Waals surface area contributed by atoms with Crippen LogP contribution in [-0.4, -0.2) is 10.9 Å². The summed E-state index contributed by atoms with van der Waals surface area (Å²) in [5.41, 5.74) is 1.77. The van der Waals surface area contributed by atoms with Crippen molar-refractivity contribution in [3.8, 4) is 0 Å². The van der Waals surface area contributed by atoms with Gasteiger partial charge in [0.25, 0.3) is 5.91 Å². The van der Waals surface area contributed by atoms with E-state index in [9.17, 15) is 9.18 Å². The summed E-state index contributed by atoms with van der Waals surface area (Å²) < 4.78 is 12.6. The van der Waals surface area contributed by atoms with Gasteiger partial charge in [0.05, 0.1) is 11.9 Å². The molecule has 18 heavy (non-hydrogen) atoms. The van der Waals surface area contributed by atoms with Gasteiger partial charge in [0, 0.05) is 10.6 Å². The smallest absolute Gasteiger partial charge is 0.255 e. The molecular formula is C13H10ClFN2O. The maximum atomic E-state index is 12.6. The van der Waals surface area contributed by atoms with E-state index < -0.39 is 5.95 Å². The Labute approximate surface area is 109 Å². The first-order valence-electron chi connectivity index (χ1n) is 5.25. The van der Waals surface area contributed by atoms with Crippen LogP contribution in [0, 0.1) is 12.9 Å². The minimum Gasteiger partial charge on any atom is -0.321 e. The molecule has 1 amide bonds. The van der Waals surface area contributed by atoms with Crippen LogP contribution in [0.15, 0.2) is 36.5 Å². The van der Waals surface area contributed by atoms with Crippen molar-refractivity contribution < 1.29 is 9.18 Å². The third kappa shape index (κ3) is 3.05. The second-order valence-electron chi connectivity index (χ2n) is 3.84. The molecule has 92 valence electrons. The van der Waals surface area contributed by atoms with E-state index >= 15 is 0 Å². The van der Waals surface area contributed by atoms with E-state index in [1.807, 2.05) is 6.92 Å². The van der Waals surface area contributed by atoms with Crippen LogP contribution in [0.3, 0.4) is 0 Å². The average molecular weight is 265 g/mol. The Morgan fingerprint density at radius 2 is 2.11 bits per heavy atom. The molecule has 1 heterocycles. The molecule has 0 spiro atoms. The van der Waals surface area contributed by atoms with E-state index in [0.29, 0.717) is 16.3 Å². The highest BCUT2D eigenvalue weighted by Crippen LogP contribution is 2.16. The molecule has 0 aliphatic rings. The number of amides is 1. The number of anilines is 1. The molecule has 0 aliphatic carbocycles. The Kier molecular flexibility index (Phi) is 3.58. The van der Waals surface area contributed by atoms with E-state index in [4.69, 9.17) is 11.6 Å². The summed E-state index contributed by atoms with van der Waals surface area (Å²) in [6.07, 6.45) is 1.25. The summed E-state index contributed by atoms with van der Waals surface area (Å²) in [4.78, 5) is 15.4. The quantitative estimate of drug-likeness (QED) is 0.845. The van der Waals surface area contributed by atoms with E-state index in [0.717, 1.165) is 5.56 Å². The standard InChI is InChI=1S/C13H10ClFN2O/c1-8-4-9(6-10(14)5-8)13(18)17-11-2-3-12(15)16-7-11/h2-7H,1H3,(H,17,18). The SMILES string of the molecule is Cc1cc(Cl)cc(C(=O)Nc2ccc(F)nc2)c1. The van der Waals surface area contributed by atoms with Crippen LogP contribution in [0.2, 0.25) is 5.02 Å². The lowest BCUT2D eigenvalue weighted by Crippen LogP contribution is -2.12. The summed E-state index contributed by atoms with van der Waals surface area (Å²) in [6.45, 7) is 1.85. The molecule has 3 nitrogen and oxygen atoms in total. The van der Waals surface area contributed by atoms with Crippen LogP contribution in [0.25, 0.3) is 0 Å². The second-order valence-corrected chi connectivity index (χ2v) is 4.28. The number of rotatable bonds is 2. The minimum absolute atomic E-state index is 0.311. The molecule has 0 atom stereocenters. The fraction of sp³-hybridized carbons (Fsp3) is 0.0769. The number of carbonyl (C=O) groups excluding carboxylic acids is 1. The Morgan fingerprint density at radius 1 is 1.33 bits per heavy atom. The third-order valence-electron chi connectivity index (χ3n) is 2.29. The van der Waals surface area contributed by atoms with Gasteiger partial charge in [0.1, 0.15) is 0 Å². The van der Waals surface area contributed by atoms with E-state index in [1.165, 1.54) is 18.3 Å². The molecule has 0 saturated carbocycles. The summed E-state index contributed by atoms with van der Waals surface area (Å²) in [5.74, 6) is -0.902. The number of hydrogen-bond donors (Lipinski definition) is 1. The third-order valence-corrected chi connectivity index (χ3v) is 2.51. The highest BCUT2D eigenvalue weighted by Gasteiger charge is 2.08. The van der Waals surface area contributed by atoms with Gasteiger partial charge in [-0.3, -0.25) is 4.79 Å². The first-order valence-corrected chi connectivity index (χ1v) is 5.62. The number of halogens is 2. The van der Waals surface area contributed by atoms with Crippen LogP contribution in [-0.2, 0) is 0 Å². The van der Waals surface area contributed by atoms with Crippen molar-refractivity contribution in [1.29, 1.82) is 0 Å². The zero-order valence-electron chi connectivity index (χ0n) is 9.58. The molecule has 1 N–H and O–H groups in total. The minimum atomic E-state index is -0.591. The van der Waals surface area contributed by atoms with Gasteiger partial charge in [-0.25, -0.2) is 4.98 Å². The van der Waals surface area contributed by atoms with Crippen molar-refractivity contribution in [1.82, 2.24) is 4.98 Å². The van der Waals surface area contributed by atoms with Crippen molar-refractivity contribution >= 4 is 23.2 Å². The van der Waals surface area contributed by atoms with Crippen LogP contribution in [0.5, 0.6) is 0 Å². The van der Waals surface area contributed by atoms with Gasteiger partial charge in [0.15, 0.2) is 0 Å². The fourth-order valence-electron chi connectivity index (χ4n) is 1.52. The summed E-state index contributed by atoms with van der Waals surface area (Å²) in [5, 5.41) is 3.11. The van der Waals surface area contributed by atoms with Crippen LogP contribution >= 0.6 is 11.6 Å². The van der Waals surface area contributed by atoms with Gasteiger partial charge < -0.3 is 5.32 Å². The molecule has 2 aromatic rings. The largest absolute Gasteiger partial charge is 0.321 e. The van der Waals surface area contributed by atoms with Crippen LogP contribution in [0.4, 0.5) is 10.1 Å². The molecule has 5 heteroatoms. The van der Waals surface area contributed by atoms with Crippen molar-refractivity contribution in [3.63, 3.8) is 0 Å². The van der Waals surface area contributed by atoms with Gasteiger partial charge in [0.2, 0.25) is 5.95 Å². The molecule has 1 aromatic heterocycles. The highest BCUT2D eigenvalue weighted by molar-refractivity contribution is 6.31. The molecule has 0 unspecified atom stereocenters. The summed E-state index contributed by atoms with van der Waals surface area (Å²) in [6, 6.07) is 7.67. The van der Waals surface area contributed by atoms with Gasteiger partial charge in [-0.05, 0) is 42.8 Å². The van der Waals surface area contributed by atoms with Gasteiger partial charge in [-0.15, -0.1) is 0 Å². The van der Waals surface area contributed by atoms with Gasteiger partial charge >= 0.3 is 0 Å². The second kappa shape index (κ2) is 5.14. The molecule has 1 aromatic carbocycles. The van der Waals surface area contributed by atoms with Crippen LogP contribution < -0.4 is 5.32 Å². The Bertz CT molecular complexity index is 564. The number of carbonyl (C=O) groups is 1. The lowest BCUT2D eigenvalue weighted by molar-refractivity contribution is 0.102. The van der Waals surface area contributed by atoms with E-state index in [1.54, 1.807) is 18.2 Å². The fourth-order valence-corrected chi connectivity index (χ4v) is 1.81. The Hall–Kier alpha value is -1.94. The normalized spacial score (nSPS) is 10.2. The van der Waals surface area contributed by atoms with Crippen molar-refractivity contribution in [2.75, 3.05) is 5.32 Å². The molecule has 2 rings (SSSR count). The number of aryl methyl sites for hydroxylation is 1. The highest BCUT2D eigenvalue weighted by atomic mass is 35.5. The lowest BCUT2D eigenvalue weighted by atomic mass is 10.1. The zero-order valence-corrected chi connectivity index (χ0v) is 10.3. The predicted molar refractivity (Wildman–Crippen MR) is 68.3 cm³/mol. The first kappa shape index (κ1) is 12.5. The van der Waals surface area contributed by atoms with Gasteiger partial charge in [-0.1, -0.05) is 11.6 Å². The average Bonchev–Trinajstić information content (AvgIpc) is 2.31. The maximum Gasteiger partial charge on any atom is 0.255 e. The van der Waals surface area contributed by atoms with Crippen molar-refractivity contribution in [3.05, 3.63) is 58.6 Å². The molecule has 0 bridgehead atoms. The van der Waals surface area contributed by atoms with Gasteiger partial charge in [-0.2, -0.15) is 4.39 Å². The first-order chi connectivity index (χ1) is 8.54. The summed E-state index contributed by atoms with van der Waals surface area (Å²) >= 11 is 5.88. The van der Waals surface area contributed by atoms with E-state index in [-0.39, 0.29) is 5.91 Å². The number of nitrogens with one attached hydrogen (secondary N) is 1. The number of aromatic nitrogens is 1. The maximum absolute atomic E-state index is 12.6. The van der Waals surface area contributed by atoms with Crippen molar-refractivity contribution in [2.24, 2.45) is 0 Å². The van der Waals surface area contributed by atoms with Crippen molar-refractivity contribution in [2.45, 2.75) is 6.92 Å². The number of pyridine rings is 1. The molecule has 0 fully saturated rings. The monoisotopic (exact) mass is 264 g/mol. The zero-order chi connectivity index (χ0) is 13.1. The predicted octanol–water partition coefficient (Wildman–Crippen LogP) is 3.43. The molecule has 0 radical (unpaired) electrons. The van der Waals surface area contributed by atoms with E-state index in [2.05, 4.69) is 10.3 Å². The Morgan fingerprint density at radius 3 is 2.72 bits per heavy atom.